The minimum absolute atomic E-state index is 0.259. The van der Waals surface area contributed by atoms with Crippen molar-refractivity contribution in [1.82, 2.24) is 0 Å². The Morgan fingerprint density at radius 1 is 1.33 bits per heavy atom. The molecule has 1 heterocycles. The number of hydrogen-bond donors (Lipinski definition) is 0. The quantitative estimate of drug-likeness (QED) is 0.712. The molecule has 2 unspecified atom stereocenters. The maximum Gasteiger partial charge on any atom is 0.210 e. The fourth-order valence-corrected chi connectivity index (χ4v) is 5.54. The molecule has 1 aliphatic carbocycles. The third-order valence-electron chi connectivity index (χ3n) is 3.99. The predicted molar refractivity (Wildman–Crippen MR) is 81.0 cm³/mol. The summed E-state index contributed by atoms with van der Waals surface area (Å²) >= 11 is 0. The van der Waals surface area contributed by atoms with E-state index in [1.165, 1.54) is 36.3 Å². The zero-order chi connectivity index (χ0) is 13.1. The number of carbonyl (C=O) groups is 1. The summed E-state index contributed by atoms with van der Waals surface area (Å²) < 4.78 is 0. The zero-order valence-electron chi connectivity index (χ0n) is 11.9. The van der Waals surface area contributed by atoms with Crippen LogP contribution in [0, 0.1) is 5.92 Å². The summed E-state index contributed by atoms with van der Waals surface area (Å²) in [5.74, 6) is 3.52. The number of allylic oxidation sites excluding steroid dienone is 4. The first-order valence-corrected chi connectivity index (χ1v) is 8.80. The molecule has 2 heteroatoms. The Balaban J connectivity index is 2.04. The van der Waals surface area contributed by atoms with Gasteiger partial charge in [0.2, 0.25) is 5.78 Å². The van der Waals surface area contributed by atoms with Crippen molar-refractivity contribution in [1.29, 1.82) is 0 Å². The molecule has 1 fully saturated rings. The lowest BCUT2D eigenvalue weighted by Gasteiger charge is -2.22. The van der Waals surface area contributed by atoms with E-state index in [1.54, 1.807) is 0 Å². The molecule has 0 radical (unpaired) electrons. The second kappa shape index (κ2) is 6.10. The first-order valence-electron chi connectivity index (χ1n) is 7.17. The first kappa shape index (κ1) is 13.9. The fraction of sp³-hybridized carbons (Fsp3) is 0.688. The van der Waals surface area contributed by atoms with E-state index in [1.807, 2.05) is 0 Å². The SMILES string of the molecule is CC1=CC(C)CC(C(=O)C(C)[S+]2CCCCC2)=C1. The molecule has 0 bridgehead atoms. The summed E-state index contributed by atoms with van der Waals surface area (Å²) in [6.07, 6.45) is 9.35. The third-order valence-corrected chi connectivity index (χ3v) is 6.83. The molecule has 1 nitrogen and oxygen atoms in total. The van der Waals surface area contributed by atoms with Gasteiger partial charge in [0.25, 0.3) is 0 Å². The molecule has 2 rings (SSSR count). The van der Waals surface area contributed by atoms with Gasteiger partial charge in [0.05, 0.1) is 0 Å². The van der Waals surface area contributed by atoms with E-state index in [2.05, 4.69) is 32.9 Å². The fourth-order valence-electron chi connectivity index (χ4n) is 3.03. The number of rotatable bonds is 3. The number of ketones is 1. The second-order valence-corrected chi connectivity index (χ2v) is 8.37. The first-order chi connectivity index (χ1) is 8.58. The molecule has 1 aliphatic heterocycles. The van der Waals surface area contributed by atoms with Crippen LogP contribution in [0.5, 0.6) is 0 Å². The van der Waals surface area contributed by atoms with Gasteiger partial charge in [-0.15, -0.1) is 0 Å². The maximum absolute atomic E-state index is 12.6. The van der Waals surface area contributed by atoms with Gasteiger partial charge < -0.3 is 0 Å². The monoisotopic (exact) mass is 265 g/mol. The van der Waals surface area contributed by atoms with Crippen LogP contribution in [0.4, 0.5) is 0 Å². The minimum atomic E-state index is 0.259. The lowest BCUT2D eigenvalue weighted by atomic mass is 9.89. The lowest BCUT2D eigenvalue weighted by Crippen LogP contribution is -2.35. The summed E-state index contributed by atoms with van der Waals surface area (Å²) in [6, 6.07) is 0. The Labute approximate surface area is 114 Å². The highest BCUT2D eigenvalue weighted by Gasteiger charge is 2.35. The topological polar surface area (TPSA) is 17.1 Å². The lowest BCUT2D eigenvalue weighted by molar-refractivity contribution is -0.115. The van der Waals surface area contributed by atoms with Gasteiger partial charge >= 0.3 is 0 Å². The number of Topliss-reactive ketones (excluding diaryl/α,β-unsaturated/α-hetero) is 1. The highest BCUT2D eigenvalue weighted by atomic mass is 32.2. The van der Waals surface area contributed by atoms with Crippen molar-refractivity contribution in [3.05, 3.63) is 23.3 Å². The average molecular weight is 265 g/mol. The van der Waals surface area contributed by atoms with E-state index < -0.39 is 0 Å². The van der Waals surface area contributed by atoms with Crippen LogP contribution in [0.2, 0.25) is 0 Å². The van der Waals surface area contributed by atoms with Crippen LogP contribution in [0.1, 0.15) is 46.5 Å². The molecule has 2 aliphatic rings. The van der Waals surface area contributed by atoms with Crippen molar-refractivity contribution < 1.29 is 4.79 Å². The number of hydrogen-bond acceptors (Lipinski definition) is 1. The Morgan fingerprint density at radius 3 is 2.61 bits per heavy atom. The Bertz CT molecular complexity index is 375. The molecule has 0 aromatic carbocycles. The van der Waals surface area contributed by atoms with Crippen LogP contribution in [-0.4, -0.2) is 22.5 Å². The molecule has 1 saturated heterocycles. The summed E-state index contributed by atoms with van der Waals surface area (Å²) in [7, 11) is 0.347. The molecule has 0 aromatic rings. The second-order valence-electron chi connectivity index (χ2n) is 5.77. The maximum atomic E-state index is 12.6. The van der Waals surface area contributed by atoms with E-state index >= 15 is 0 Å². The Morgan fingerprint density at radius 2 is 2.00 bits per heavy atom. The van der Waals surface area contributed by atoms with E-state index in [4.69, 9.17) is 0 Å². The van der Waals surface area contributed by atoms with Gasteiger partial charge in [0.15, 0.2) is 5.25 Å². The van der Waals surface area contributed by atoms with Gasteiger partial charge in [-0.3, -0.25) is 4.79 Å². The highest BCUT2D eigenvalue weighted by molar-refractivity contribution is 7.98. The van der Waals surface area contributed by atoms with Crippen molar-refractivity contribution in [2.75, 3.05) is 11.5 Å². The Kier molecular flexibility index (Phi) is 4.71. The molecule has 0 amide bonds. The van der Waals surface area contributed by atoms with Gasteiger partial charge in [-0.2, -0.15) is 0 Å². The van der Waals surface area contributed by atoms with Gasteiger partial charge in [-0.25, -0.2) is 0 Å². The average Bonchev–Trinajstić information content (AvgIpc) is 2.37. The highest BCUT2D eigenvalue weighted by Crippen LogP contribution is 2.27. The van der Waals surface area contributed by atoms with Crippen molar-refractivity contribution in [2.24, 2.45) is 5.92 Å². The molecule has 0 aromatic heterocycles. The third kappa shape index (κ3) is 3.28. The molecule has 2 atom stereocenters. The van der Waals surface area contributed by atoms with E-state index in [-0.39, 0.29) is 5.25 Å². The van der Waals surface area contributed by atoms with Crippen LogP contribution in [0.3, 0.4) is 0 Å². The number of carbonyl (C=O) groups excluding carboxylic acids is 1. The normalized spacial score (nSPS) is 27.4. The van der Waals surface area contributed by atoms with Crippen LogP contribution < -0.4 is 0 Å². The molecule has 0 saturated carbocycles. The molecular weight excluding hydrogens is 240 g/mol. The van der Waals surface area contributed by atoms with Gasteiger partial charge in [0.1, 0.15) is 11.5 Å². The van der Waals surface area contributed by atoms with Crippen LogP contribution in [0.25, 0.3) is 0 Å². The molecular formula is C16H25OS+. The molecule has 0 N–H and O–H groups in total. The standard InChI is InChI=1S/C16H25OS/c1-12-9-13(2)11-15(10-12)16(17)14(3)18-7-5-4-6-8-18/h9-10,13-14H,4-8,11H2,1-3H3/q+1. The minimum Gasteiger partial charge on any atom is -0.289 e. The van der Waals surface area contributed by atoms with Gasteiger partial charge in [-0.1, -0.05) is 24.6 Å². The molecule has 18 heavy (non-hydrogen) atoms. The molecule has 0 spiro atoms. The van der Waals surface area contributed by atoms with Crippen LogP contribution in [-0.2, 0) is 15.7 Å². The van der Waals surface area contributed by atoms with E-state index in [9.17, 15) is 4.79 Å². The van der Waals surface area contributed by atoms with Crippen molar-refractivity contribution in [3.8, 4) is 0 Å². The van der Waals surface area contributed by atoms with E-state index in [0.717, 1.165) is 12.0 Å². The summed E-state index contributed by atoms with van der Waals surface area (Å²) in [6.45, 7) is 6.48. The van der Waals surface area contributed by atoms with Crippen LogP contribution >= 0.6 is 0 Å². The predicted octanol–water partition coefficient (Wildman–Crippen LogP) is 3.66. The smallest absolute Gasteiger partial charge is 0.210 e. The van der Waals surface area contributed by atoms with Gasteiger partial charge in [-0.05, 0) is 56.3 Å². The zero-order valence-corrected chi connectivity index (χ0v) is 12.7. The van der Waals surface area contributed by atoms with Crippen molar-refractivity contribution in [2.45, 2.75) is 51.7 Å². The van der Waals surface area contributed by atoms with Crippen molar-refractivity contribution in [3.63, 3.8) is 0 Å². The van der Waals surface area contributed by atoms with Crippen LogP contribution in [0.15, 0.2) is 23.3 Å². The molecule has 100 valence electrons. The summed E-state index contributed by atoms with van der Waals surface area (Å²) in [4.78, 5) is 12.6. The van der Waals surface area contributed by atoms with Crippen molar-refractivity contribution >= 4 is 16.7 Å². The van der Waals surface area contributed by atoms with E-state index in [0.29, 0.717) is 22.6 Å². The van der Waals surface area contributed by atoms with Gasteiger partial charge in [0, 0.05) is 5.57 Å². The summed E-state index contributed by atoms with van der Waals surface area (Å²) in [5, 5.41) is 0.259. The Hall–Kier alpha value is -0.500. The largest absolute Gasteiger partial charge is 0.289 e. The summed E-state index contributed by atoms with van der Waals surface area (Å²) in [5.41, 5.74) is 2.34.